The SMILES string of the molecule is CS(=O)(=O)NOC(=O)CNCCN. The molecule has 0 bridgehead atoms. The van der Waals surface area contributed by atoms with Crippen molar-refractivity contribution in [2.75, 3.05) is 25.9 Å². The van der Waals surface area contributed by atoms with Crippen LogP contribution in [0.25, 0.3) is 0 Å². The monoisotopic (exact) mass is 211 g/mol. The molecule has 7 nitrogen and oxygen atoms in total. The number of rotatable bonds is 6. The largest absolute Gasteiger partial charge is 0.354 e. The highest BCUT2D eigenvalue weighted by Crippen LogP contribution is 1.76. The van der Waals surface area contributed by atoms with Gasteiger partial charge in [-0.05, 0) is 4.89 Å². The lowest BCUT2D eigenvalue weighted by Crippen LogP contribution is -2.34. The van der Waals surface area contributed by atoms with Crippen LogP contribution in [0.1, 0.15) is 0 Å². The summed E-state index contributed by atoms with van der Waals surface area (Å²) in [6, 6.07) is 0. The Morgan fingerprint density at radius 2 is 2.15 bits per heavy atom. The van der Waals surface area contributed by atoms with E-state index in [1.807, 2.05) is 0 Å². The van der Waals surface area contributed by atoms with Gasteiger partial charge in [-0.3, -0.25) is 0 Å². The predicted octanol–water partition coefficient (Wildman–Crippen LogP) is -2.46. The molecular weight excluding hydrogens is 198 g/mol. The zero-order valence-corrected chi connectivity index (χ0v) is 8.06. The molecule has 0 spiro atoms. The van der Waals surface area contributed by atoms with Crippen LogP contribution in [0.5, 0.6) is 0 Å². The number of nitrogens with one attached hydrogen (secondary N) is 2. The van der Waals surface area contributed by atoms with Crippen molar-refractivity contribution >= 4 is 16.0 Å². The third kappa shape index (κ3) is 9.21. The van der Waals surface area contributed by atoms with Gasteiger partial charge in [0.2, 0.25) is 10.0 Å². The zero-order chi connectivity index (χ0) is 10.3. The molecule has 13 heavy (non-hydrogen) atoms. The molecular formula is C5H13N3O4S. The van der Waals surface area contributed by atoms with Crippen LogP contribution in [-0.2, 0) is 19.7 Å². The Morgan fingerprint density at radius 1 is 1.54 bits per heavy atom. The van der Waals surface area contributed by atoms with E-state index in [0.717, 1.165) is 6.26 Å². The highest BCUT2D eigenvalue weighted by Gasteiger charge is 2.06. The van der Waals surface area contributed by atoms with E-state index in [9.17, 15) is 13.2 Å². The molecule has 8 heteroatoms. The molecule has 0 aromatic carbocycles. The Labute approximate surface area is 76.6 Å². The highest BCUT2D eigenvalue weighted by atomic mass is 32.2. The molecule has 0 atom stereocenters. The van der Waals surface area contributed by atoms with Crippen molar-refractivity contribution < 1.29 is 18.0 Å². The first kappa shape index (κ1) is 12.3. The minimum absolute atomic E-state index is 0.0836. The van der Waals surface area contributed by atoms with Gasteiger partial charge in [-0.2, -0.15) is 0 Å². The summed E-state index contributed by atoms with van der Waals surface area (Å²) < 4.78 is 20.9. The van der Waals surface area contributed by atoms with Crippen molar-refractivity contribution in [2.45, 2.75) is 0 Å². The normalized spacial score (nSPS) is 11.2. The second-order valence-corrected chi connectivity index (χ2v) is 4.01. The van der Waals surface area contributed by atoms with Gasteiger partial charge >= 0.3 is 5.97 Å². The maximum Gasteiger partial charge on any atom is 0.339 e. The lowest BCUT2D eigenvalue weighted by atomic mass is 10.6. The molecule has 0 saturated carbocycles. The van der Waals surface area contributed by atoms with E-state index in [1.165, 1.54) is 0 Å². The average molecular weight is 211 g/mol. The number of nitrogens with two attached hydrogens (primary N) is 1. The Hall–Kier alpha value is -0.700. The summed E-state index contributed by atoms with van der Waals surface area (Å²) >= 11 is 0. The van der Waals surface area contributed by atoms with Crippen LogP contribution in [0.2, 0.25) is 0 Å². The number of hydrogen-bond acceptors (Lipinski definition) is 6. The number of carbonyl (C=O) groups is 1. The fourth-order valence-corrected chi connectivity index (χ4v) is 0.695. The summed E-state index contributed by atoms with van der Waals surface area (Å²) in [5.74, 6) is -0.709. The van der Waals surface area contributed by atoms with Gasteiger partial charge in [0.25, 0.3) is 0 Å². The topological polar surface area (TPSA) is 111 Å². The van der Waals surface area contributed by atoms with Crippen molar-refractivity contribution in [3.8, 4) is 0 Å². The van der Waals surface area contributed by atoms with Crippen molar-refractivity contribution in [1.82, 2.24) is 10.2 Å². The molecule has 0 saturated heterocycles. The van der Waals surface area contributed by atoms with Gasteiger partial charge < -0.3 is 15.9 Å². The Kier molecular flexibility index (Phi) is 5.55. The van der Waals surface area contributed by atoms with Gasteiger partial charge in [-0.15, -0.1) is 0 Å². The first-order chi connectivity index (χ1) is 5.95. The Bertz CT molecular complexity index is 251. The standard InChI is InChI=1S/C5H13N3O4S/c1-13(10,11)8-12-5(9)4-7-3-2-6/h7-8H,2-4,6H2,1H3. The van der Waals surface area contributed by atoms with Crippen LogP contribution in [0.4, 0.5) is 0 Å². The van der Waals surface area contributed by atoms with Crippen LogP contribution in [0, 0.1) is 0 Å². The van der Waals surface area contributed by atoms with Gasteiger partial charge in [-0.25, -0.2) is 13.2 Å². The molecule has 0 aromatic rings. The summed E-state index contributed by atoms with van der Waals surface area (Å²) in [5.41, 5.74) is 5.13. The summed E-state index contributed by atoms with van der Waals surface area (Å²) in [5, 5.41) is 2.64. The molecule has 4 N–H and O–H groups in total. The maximum absolute atomic E-state index is 10.7. The quantitative estimate of drug-likeness (QED) is 0.332. The van der Waals surface area contributed by atoms with E-state index in [-0.39, 0.29) is 6.54 Å². The van der Waals surface area contributed by atoms with E-state index >= 15 is 0 Å². The molecule has 0 radical (unpaired) electrons. The number of sulfonamides is 1. The van der Waals surface area contributed by atoms with Crippen molar-refractivity contribution in [3.05, 3.63) is 0 Å². The van der Waals surface area contributed by atoms with E-state index in [4.69, 9.17) is 5.73 Å². The lowest BCUT2D eigenvalue weighted by Gasteiger charge is -2.03. The van der Waals surface area contributed by atoms with E-state index in [2.05, 4.69) is 10.2 Å². The number of hydrogen-bond donors (Lipinski definition) is 3. The van der Waals surface area contributed by atoms with Gasteiger partial charge in [0, 0.05) is 13.1 Å². The number of carbonyl (C=O) groups excluding carboxylic acids is 1. The van der Waals surface area contributed by atoms with E-state index < -0.39 is 16.0 Å². The summed E-state index contributed by atoms with van der Waals surface area (Å²) in [6.07, 6.45) is 0.883. The molecule has 0 aromatic heterocycles. The van der Waals surface area contributed by atoms with Crippen LogP contribution >= 0.6 is 0 Å². The third-order valence-electron chi connectivity index (χ3n) is 0.897. The molecule has 0 heterocycles. The lowest BCUT2D eigenvalue weighted by molar-refractivity contribution is -0.145. The summed E-state index contributed by atoms with van der Waals surface area (Å²) in [7, 11) is -3.50. The molecule has 0 aliphatic carbocycles. The van der Waals surface area contributed by atoms with Gasteiger partial charge in [0.05, 0.1) is 12.8 Å². The fraction of sp³-hybridized carbons (Fsp3) is 0.800. The van der Waals surface area contributed by atoms with Crippen LogP contribution in [0.15, 0.2) is 0 Å². The Morgan fingerprint density at radius 3 is 2.62 bits per heavy atom. The van der Waals surface area contributed by atoms with E-state index in [1.54, 1.807) is 4.89 Å². The second-order valence-electron chi connectivity index (χ2n) is 2.30. The summed E-state index contributed by atoms with van der Waals surface area (Å²) in [4.78, 5) is 16.5. The second kappa shape index (κ2) is 5.86. The van der Waals surface area contributed by atoms with Crippen LogP contribution in [-0.4, -0.2) is 40.3 Å². The predicted molar refractivity (Wildman–Crippen MR) is 46.0 cm³/mol. The van der Waals surface area contributed by atoms with Gasteiger partial charge in [0.1, 0.15) is 0 Å². The highest BCUT2D eigenvalue weighted by molar-refractivity contribution is 7.88. The molecule has 0 amide bonds. The van der Waals surface area contributed by atoms with Gasteiger partial charge in [0.15, 0.2) is 0 Å². The molecule has 0 aliphatic heterocycles. The third-order valence-corrected chi connectivity index (χ3v) is 1.28. The summed E-state index contributed by atoms with van der Waals surface area (Å²) in [6.45, 7) is 0.778. The van der Waals surface area contributed by atoms with Crippen LogP contribution in [0.3, 0.4) is 0 Å². The zero-order valence-electron chi connectivity index (χ0n) is 7.24. The van der Waals surface area contributed by atoms with Crippen molar-refractivity contribution in [1.29, 1.82) is 0 Å². The van der Waals surface area contributed by atoms with Gasteiger partial charge in [-0.1, -0.05) is 0 Å². The fourth-order valence-electron chi connectivity index (χ4n) is 0.451. The molecule has 0 unspecified atom stereocenters. The smallest absolute Gasteiger partial charge is 0.339 e. The molecule has 78 valence electrons. The molecule has 0 aliphatic rings. The maximum atomic E-state index is 10.7. The van der Waals surface area contributed by atoms with Crippen molar-refractivity contribution in [2.24, 2.45) is 5.73 Å². The minimum atomic E-state index is -3.50. The van der Waals surface area contributed by atoms with Crippen LogP contribution < -0.4 is 15.9 Å². The first-order valence-electron chi connectivity index (χ1n) is 3.53. The molecule has 0 fully saturated rings. The van der Waals surface area contributed by atoms with Crippen molar-refractivity contribution in [3.63, 3.8) is 0 Å². The minimum Gasteiger partial charge on any atom is -0.354 e. The van der Waals surface area contributed by atoms with E-state index in [0.29, 0.717) is 13.1 Å². The average Bonchev–Trinajstić information content (AvgIpc) is 2.00. The molecule has 0 rings (SSSR count). The first-order valence-corrected chi connectivity index (χ1v) is 5.42. The Balaban J connectivity index is 3.53.